The molecule has 2 N–H and O–H groups in total. The lowest BCUT2D eigenvalue weighted by Crippen LogP contribution is -2.18. The van der Waals surface area contributed by atoms with E-state index in [9.17, 15) is 4.79 Å². The molecule has 1 aromatic carbocycles. The first-order valence-electron chi connectivity index (χ1n) is 7.48. The molecule has 5 heteroatoms. The Balaban J connectivity index is 1.86. The van der Waals surface area contributed by atoms with Gasteiger partial charge in [-0.2, -0.15) is 0 Å². The van der Waals surface area contributed by atoms with Crippen LogP contribution in [0.2, 0.25) is 0 Å². The summed E-state index contributed by atoms with van der Waals surface area (Å²) in [6, 6.07) is 7.50. The van der Waals surface area contributed by atoms with Crippen LogP contribution in [0.1, 0.15) is 42.7 Å². The van der Waals surface area contributed by atoms with E-state index in [2.05, 4.69) is 15.3 Å². The summed E-state index contributed by atoms with van der Waals surface area (Å²) in [5.41, 5.74) is 0.663. The summed E-state index contributed by atoms with van der Waals surface area (Å²) in [6.07, 6.45) is 6.38. The first-order chi connectivity index (χ1) is 10.2. The summed E-state index contributed by atoms with van der Waals surface area (Å²) in [5, 5.41) is 13.3. The summed E-state index contributed by atoms with van der Waals surface area (Å²) >= 11 is 0. The molecular formula is C16H19N3O2. The lowest BCUT2D eigenvalue weighted by atomic mass is 9.89. The molecule has 0 radical (unpaired) electrons. The van der Waals surface area contributed by atoms with Crippen LogP contribution in [0.4, 0.5) is 5.82 Å². The Labute approximate surface area is 123 Å². The van der Waals surface area contributed by atoms with Gasteiger partial charge >= 0.3 is 5.97 Å². The van der Waals surface area contributed by atoms with E-state index in [-0.39, 0.29) is 5.82 Å². The number of benzene rings is 1. The fourth-order valence-electron chi connectivity index (χ4n) is 2.94. The van der Waals surface area contributed by atoms with Gasteiger partial charge in [0, 0.05) is 11.9 Å². The van der Waals surface area contributed by atoms with Gasteiger partial charge in [-0.25, -0.2) is 14.8 Å². The summed E-state index contributed by atoms with van der Waals surface area (Å²) in [5.74, 6) is 0.0330. The Morgan fingerprint density at radius 3 is 2.71 bits per heavy atom. The standard InChI is InChI=1S/C16H19N3O2/c20-16(21)15-18-13-9-5-4-8-12(13)14(19-15)17-10-11-6-2-1-3-7-11/h4-5,8-9,11H,1-3,6-7,10H2,(H,20,21)(H,17,18,19). The maximum Gasteiger partial charge on any atom is 0.374 e. The van der Waals surface area contributed by atoms with E-state index in [1.807, 2.05) is 24.3 Å². The molecule has 1 saturated carbocycles. The van der Waals surface area contributed by atoms with Gasteiger partial charge in [-0.15, -0.1) is 0 Å². The van der Waals surface area contributed by atoms with Crippen molar-refractivity contribution >= 4 is 22.7 Å². The molecule has 2 aromatic rings. The Bertz CT molecular complexity index is 651. The Kier molecular flexibility index (Phi) is 3.99. The van der Waals surface area contributed by atoms with Gasteiger partial charge in [0.15, 0.2) is 0 Å². The minimum atomic E-state index is -1.10. The van der Waals surface area contributed by atoms with Crippen molar-refractivity contribution in [2.24, 2.45) is 5.92 Å². The average molecular weight is 285 g/mol. The van der Waals surface area contributed by atoms with E-state index in [0.717, 1.165) is 11.9 Å². The molecule has 0 amide bonds. The molecule has 1 aliphatic carbocycles. The van der Waals surface area contributed by atoms with Crippen LogP contribution in [0.15, 0.2) is 24.3 Å². The molecule has 0 saturated heterocycles. The highest BCUT2D eigenvalue weighted by molar-refractivity contribution is 5.93. The zero-order chi connectivity index (χ0) is 14.7. The van der Waals surface area contributed by atoms with Gasteiger partial charge in [0.05, 0.1) is 5.52 Å². The van der Waals surface area contributed by atoms with Crippen molar-refractivity contribution in [3.63, 3.8) is 0 Å². The summed E-state index contributed by atoms with van der Waals surface area (Å²) in [6.45, 7) is 0.847. The zero-order valence-electron chi connectivity index (χ0n) is 11.9. The van der Waals surface area contributed by atoms with Crippen molar-refractivity contribution in [2.75, 3.05) is 11.9 Å². The largest absolute Gasteiger partial charge is 0.475 e. The molecule has 110 valence electrons. The van der Waals surface area contributed by atoms with Gasteiger partial charge < -0.3 is 10.4 Å². The SMILES string of the molecule is O=C(O)c1nc(NCC2CCCCC2)c2ccccc2n1. The fraction of sp³-hybridized carbons (Fsp3) is 0.438. The van der Waals surface area contributed by atoms with Gasteiger partial charge in [-0.05, 0) is 30.9 Å². The van der Waals surface area contributed by atoms with E-state index in [0.29, 0.717) is 17.3 Å². The lowest BCUT2D eigenvalue weighted by Gasteiger charge is -2.22. The van der Waals surface area contributed by atoms with Crippen LogP contribution in [0.3, 0.4) is 0 Å². The predicted octanol–water partition coefficient (Wildman–Crippen LogP) is 3.32. The number of aromatic nitrogens is 2. The third-order valence-electron chi connectivity index (χ3n) is 4.08. The molecule has 3 rings (SSSR count). The number of para-hydroxylation sites is 1. The van der Waals surface area contributed by atoms with Crippen molar-refractivity contribution in [3.05, 3.63) is 30.1 Å². The topological polar surface area (TPSA) is 75.1 Å². The quantitative estimate of drug-likeness (QED) is 0.901. The van der Waals surface area contributed by atoms with Gasteiger partial charge in [-0.1, -0.05) is 31.4 Å². The molecule has 1 aromatic heterocycles. The number of aromatic carboxylic acids is 1. The van der Waals surface area contributed by atoms with Crippen LogP contribution >= 0.6 is 0 Å². The highest BCUT2D eigenvalue weighted by atomic mass is 16.4. The Morgan fingerprint density at radius 1 is 1.19 bits per heavy atom. The minimum absolute atomic E-state index is 0.153. The zero-order valence-corrected chi connectivity index (χ0v) is 11.9. The fourth-order valence-corrected chi connectivity index (χ4v) is 2.94. The normalized spacial score (nSPS) is 16.0. The highest BCUT2D eigenvalue weighted by Gasteiger charge is 2.16. The van der Waals surface area contributed by atoms with Crippen LogP contribution in [0.5, 0.6) is 0 Å². The number of carboxylic acid groups (broad SMARTS) is 1. The van der Waals surface area contributed by atoms with E-state index in [1.54, 1.807) is 0 Å². The van der Waals surface area contributed by atoms with Crippen molar-refractivity contribution < 1.29 is 9.90 Å². The van der Waals surface area contributed by atoms with Crippen LogP contribution in [0, 0.1) is 5.92 Å². The van der Waals surface area contributed by atoms with Crippen LogP contribution in [0.25, 0.3) is 10.9 Å². The molecule has 0 bridgehead atoms. The second-order valence-corrected chi connectivity index (χ2v) is 5.60. The molecule has 0 aliphatic heterocycles. The summed E-state index contributed by atoms with van der Waals surface area (Å²) < 4.78 is 0. The van der Waals surface area contributed by atoms with Crippen molar-refractivity contribution in [1.82, 2.24) is 9.97 Å². The molecule has 1 aliphatic rings. The third-order valence-corrected chi connectivity index (χ3v) is 4.08. The van der Waals surface area contributed by atoms with Crippen molar-refractivity contribution in [2.45, 2.75) is 32.1 Å². The van der Waals surface area contributed by atoms with E-state index < -0.39 is 5.97 Å². The summed E-state index contributed by atoms with van der Waals surface area (Å²) in [4.78, 5) is 19.4. The molecular weight excluding hydrogens is 266 g/mol. The number of nitrogens with zero attached hydrogens (tertiary/aromatic N) is 2. The monoisotopic (exact) mass is 285 g/mol. The second-order valence-electron chi connectivity index (χ2n) is 5.60. The molecule has 5 nitrogen and oxygen atoms in total. The number of rotatable bonds is 4. The Hall–Kier alpha value is -2.17. The first kappa shape index (κ1) is 13.8. The average Bonchev–Trinajstić information content (AvgIpc) is 2.53. The van der Waals surface area contributed by atoms with E-state index >= 15 is 0 Å². The van der Waals surface area contributed by atoms with Gasteiger partial charge in [0.1, 0.15) is 5.82 Å². The number of hydrogen-bond acceptors (Lipinski definition) is 4. The smallest absolute Gasteiger partial charge is 0.374 e. The number of hydrogen-bond donors (Lipinski definition) is 2. The lowest BCUT2D eigenvalue weighted by molar-refractivity contribution is 0.0684. The van der Waals surface area contributed by atoms with Crippen LogP contribution in [-0.2, 0) is 0 Å². The molecule has 0 atom stereocenters. The van der Waals surface area contributed by atoms with Crippen molar-refractivity contribution in [1.29, 1.82) is 0 Å². The number of carboxylic acids is 1. The molecule has 1 heterocycles. The van der Waals surface area contributed by atoms with E-state index in [1.165, 1.54) is 32.1 Å². The predicted molar refractivity (Wildman–Crippen MR) is 81.6 cm³/mol. The molecule has 21 heavy (non-hydrogen) atoms. The maximum atomic E-state index is 11.1. The van der Waals surface area contributed by atoms with Gasteiger partial charge in [0.2, 0.25) is 5.82 Å². The summed E-state index contributed by atoms with van der Waals surface area (Å²) in [7, 11) is 0. The number of anilines is 1. The second kappa shape index (κ2) is 6.08. The number of carbonyl (C=O) groups is 1. The maximum absolute atomic E-state index is 11.1. The van der Waals surface area contributed by atoms with Gasteiger partial charge in [-0.3, -0.25) is 0 Å². The van der Waals surface area contributed by atoms with Crippen molar-refractivity contribution in [3.8, 4) is 0 Å². The van der Waals surface area contributed by atoms with E-state index in [4.69, 9.17) is 5.11 Å². The molecule has 0 unspecified atom stereocenters. The van der Waals surface area contributed by atoms with Gasteiger partial charge in [0.25, 0.3) is 0 Å². The van der Waals surface area contributed by atoms with Crippen LogP contribution in [-0.4, -0.2) is 27.6 Å². The highest BCUT2D eigenvalue weighted by Crippen LogP contribution is 2.25. The number of fused-ring (bicyclic) bond motifs is 1. The first-order valence-corrected chi connectivity index (χ1v) is 7.48. The molecule has 1 fully saturated rings. The third kappa shape index (κ3) is 3.12. The van der Waals surface area contributed by atoms with Crippen LogP contribution < -0.4 is 5.32 Å². The minimum Gasteiger partial charge on any atom is -0.475 e. The number of nitrogens with one attached hydrogen (secondary N) is 1. The molecule has 0 spiro atoms. The Morgan fingerprint density at radius 2 is 1.95 bits per heavy atom.